The molecule has 164 valence electrons. The summed E-state index contributed by atoms with van der Waals surface area (Å²) >= 11 is 0. The smallest absolute Gasteiger partial charge is 0.232 e. The lowest BCUT2D eigenvalue weighted by Gasteiger charge is -2.43. The first-order valence-corrected chi connectivity index (χ1v) is 9.39. The highest BCUT2D eigenvalue weighted by atomic mass is 19.2. The molecule has 0 spiro atoms. The Kier molecular flexibility index (Phi) is 4.15. The molecule has 2 aliphatic rings. The molecule has 3 atom stereocenters. The number of ketones is 1. The van der Waals surface area contributed by atoms with Gasteiger partial charge in [-0.05, 0) is 24.6 Å². The summed E-state index contributed by atoms with van der Waals surface area (Å²) in [6.45, 7) is 0.285. The predicted octanol–water partition coefficient (Wildman–Crippen LogP) is 2.47. The lowest BCUT2D eigenvalue weighted by atomic mass is 9.70. The van der Waals surface area contributed by atoms with E-state index < -0.39 is 54.4 Å². The highest BCUT2D eigenvalue weighted by molar-refractivity contribution is 5.95. The number of methoxy groups -OCH3 is 1. The summed E-state index contributed by atoms with van der Waals surface area (Å²) in [6.07, 6.45) is 1.14. The van der Waals surface area contributed by atoms with Crippen LogP contribution in [0.5, 0.6) is 5.88 Å². The second-order valence-corrected chi connectivity index (χ2v) is 7.95. The Bertz CT molecular complexity index is 1160. The number of nitrogens with zero attached hydrogens (tertiary/aromatic N) is 3. The number of amidine groups is 1. The average molecular weight is 437 g/mol. The van der Waals surface area contributed by atoms with Crippen LogP contribution in [-0.2, 0) is 16.7 Å². The minimum absolute atomic E-state index is 0.0842. The molecule has 31 heavy (non-hydrogen) atoms. The zero-order valence-corrected chi connectivity index (χ0v) is 16.5. The van der Waals surface area contributed by atoms with Crippen LogP contribution in [0.1, 0.15) is 39.1 Å². The number of alkyl halides is 2. The number of Topliss-reactive ketones (excluding diaryl/α,β-unsaturated/α-hetero) is 1. The van der Waals surface area contributed by atoms with Crippen molar-refractivity contribution >= 4 is 11.6 Å². The van der Waals surface area contributed by atoms with Gasteiger partial charge in [-0.15, -0.1) is 0 Å². The van der Waals surface area contributed by atoms with Gasteiger partial charge in [0, 0.05) is 18.4 Å². The number of nitrogens with two attached hydrogens (primary N) is 1. The van der Waals surface area contributed by atoms with Crippen LogP contribution >= 0.6 is 0 Å². The van der Waals surface area contributed by atoms with Gasteiger partial charge < -0.3 is 15.2 Å². The molecular formula is C21H21F3N4O3. The third kappa shape index (κ3) is 3.44. The fourth-order valence-electron chi connectivity index (χ4n) is 4.05. The molecule has 0 bridgehead atoms. The van der Waals surface area contributed by atoms with Gasteiger partial charge in [-0.1, -0.05) is 6.07 Å². The molecule has 0 amide bonds. The van der Waals surface area contributed by atoms with E-state index in [0.717, 1.165) is 25.4 Å². The Morgan fingerprint density at radius 1 is 1.32 bits per heavy atom. The molecule has 0 aliphatic carbocycles. The molecular weight excluding hydrogens is 413 g/mol. The lowest BCUT2D eigenvalue weighted by molar-refractivity contribution is 0.0234. The van der Waals surface area contributed by atoms with E-state index in [1.54, 1.807) is 0 Å². The first-order valence-electron chi connectivity index (χ1n) is 10.9. The summed E-state index contributed by atoms with van der Waals surface area (Å²) in [7, 11) is -2.72. The second-order valence-electron chi connectivity index (χ2n) is 7.95. The van der Waals surface area contributed by atoms with Crippen LogP contribution < -0.4 is 10.5 Å². The molecule has 2 aromatic rings. The maximum atomic E-state index is 15.9. The van der Waals surface area contributed by atoms with E-state index in [0.29, 0.717) is 5.56 Å². The number of hydrogen-bond donors (Lipinski definition) is 1. The van der Waals surface area contributed by atoms with E-state index in [1.807, 2.05) is 0 Å². The third-order valence-electron chi connectivity index (χ3n) is 5.70. The van der Waals surface area contributed by atoms with Crippen molar-refractivity contribution in [3.05, 3.63) is 53.2 Å². The van der Waals surface area contributed by atoms with Crippen molar-refractivity contribution in [2.24, 2.45) is 10.7 Å². The van der Waals surface area contributed by atoms with Gasteiger partial charge >= 0.3 is 0 Å². The van der Waals surface area contributed by atoms with Crippen molar-refractivity contribution in [2.75, 3.05) is 20.3 Å². The molecule has 1 aromatic carbocycles. The van der Waals surface area contributed by atoms with Crippen LogP contribution in [0.4, 0.5) is 13.2 Å². The van der Waals surface area contributed by atoms with Crippen molar-refractivity contribution in [3.63, 3.8) is 0 Å². The fraction of sp³-hybridized carbons (Fsp3) is 0.429. The zero-order valence-electron chi connectivity index (χ0n) is 19.5. The first kappa shape index (κ1) is 17.6. The predicted molar refractivity (Wildman–Crippen MR) is 105 cm³/mol. The normalized spacial score (nSPS) is 31.7. The molecule has 4 rings (SSSR count). The fourth-order valence-corrected chi connectivity index (χ4v) is 4.05. The molecule has 0 unspecified atom stereocenters. The minimum atomic E-state index is -2.72. The number of carbonyl (C=O) groups is 1. The first-order chi connectivity index (χ1) is 15.7. The van der Waals surface area contributed by atoms with Gasteiger partial charge in [-0.3, -0.25) is 9.79 Å². The number of halogens is 3. The van der Waals surface area contributed by atoms with Gasteiger partial charge in [0.05, 0.1) is 36.8 Å². The number of carbonyl (C=O) groups excluding carboxylic acids is 1. The summed E-state index contributed by atoms with van der Waals surface area (Å²) in [5.74, 6) is -2.05. The number of fused-ring (bicyclic) bond motifs is 1. The Labute approximate surface area is 180 Å². The molecule has 1 fully saturated rings. The molecule has 2 aliphatic heterocycles. The maximum absolute atomic E-state index is 15.9. The summed E-state index contributed by atoms with van der Waals surface area (Å²) in [6, 6.07) is 3.70. The minimum Gasteiger partial charge on any atom is -0.480 e. The van der Waals surface area contributed by atoms with Crippen LogP contribution in [-0.4, -0.2) is 53.2 Å². The second kappa shape index (κ2) is 7.30. The van der Waals surface area contributed by atoms with Crippen LogP contribution in [0.3, 0.4) is 0 Å². The highest BCUT2D eigenvalue weighted by Gasteiger charge is 2.65. The highest BCUT2D eigenvalue weighted by Crippen LogP contribution is 2.53. The summed E-state index contributed by atoms with van der Waals surface area (Å²) in [5.41, 5.74) is -0.645. The number of hydrogen-bond acceptors (Lipinski definition) is 7. The number of ether oxygens (including phenoxy) is 2. The molecule has 1 saturated heterocycles. The van der Waals surface area contributed by atoms with Crippen molar-refractivity contribution < 1.29 is 31.6 Å². The lowest BCUT2D eigenvalue weighted by Crippen LogP contribution is -2.58. The van der Waals surface area contributed by atoms with E-state index >= 15 is 4.39 Å². The Morgan fingerprint density at radius 3 is 2.84 bits per heavy atom. The Balaban J connectivity index is 1.63. The van der Waals surface area contributed by atoms with E-state index in [9.17, 15) is 13.6 Å². The van der Waals surface area contributed by atoms with E-state index in [1.165, 1.54) is 12.1 Å². The Morgan fingerprint density at radius 2 is 2.13 bits per heavy atom. The van der Waals surface area contributed by atoms with Gasteiger partial charge in [0.15, 0.2) is 17.1 Å². The van der Waals surface area contributed by atoms with Gasteiger partial charge in [-0.2, -0.15) is 0 Å². The number of aromatic nitrogens is 2. The van der Waals surface area contributed by atoms with Crippen LogP contribution in [0.25, 0.3) is 0 Å². The van der Waals surface area contributed by atoms with Crippen LogP contribution in [0, 0.1) is 5.82 Å². The topological polar surface area (TPSA) is 99.7 Å². The van der Waals surface area contributed by atoms with Crippen LogP contribution in [0.15, 0.2) is 35.6 Å². The average Bonchev–Trinajstić information content (AvgIpc) is 3.04. The standard InChI is InChI=1S/C21H21F3N4O3/c1-19(23)9-20(24)10-31-11-21(20,28-18(19)25)13-5-12(3-4-14(13)22)6-16(29)15-7-27-17(30-2)8-26-15/h3-5,7-8H,6,9-11H2,1-2H3,(H2,25,28)/t19-,20+,21-/m1/s1/i2D3. The van der Waals surface area contributed by atoms with E-state index in [4.69, 9.17) is 14.6 Å². The summed E-state index contributed by atoms with van der Waals surface area (Å²) in [5, 5.41) is 0. The molecule has 0 saturated carbocycles. The number of aliphatic imine (C=N–C) groups is 1. The van der Waals surface area contributed by atoms with Gasteiger partial charge in [0.2, 0.25) is 5.88 Å². The van der Waals surface area contributed by atoms with E-state index in [-0.39, 0.29) is 30.2 Å². The molecule has 1 aromatic heterocycles. The van der Waals surface area contributed by atoms with Crippen molar-refractivity contribution in [1.29, 1.82) is 0 Å². The third-order valence-corrected chi connectivity index (χ3v) is 5.70. The molecule has 0 radical (unpaired) electrons. The van der Waals surface area contributed by atoms with Gasteiger partial charge in [0.25, 0.3) is 0 Å². The summed E-state index contributed by atoms with van der Waals surface area (Å²) in [4.78, 5) is 24.3. The number of rotatable bonds is 5. The largest absolute Gasteiger partial charge is 0.480 e. The molecule has 3 heterocycles. The van der Waals surface area contributed by atoms with Gasteiger partial charge in [0.1, 0.15) is 22.9 Å². The quantitative estimate of drug-likeness (QED) is 0.722. The van der Waals surface area contributed by atoms with E-state index in [2.05, 4.69) is 19.7 Å². The Hall–Kier alpha value is -3.01. The van der Waals surface area contributed by atoms with Crippen LogP contribution in [0.2, 0.25) is 0 Å². The molecule has 10 heteroatoms. The number of benzene rings is 1. The van der Waals surface area contributed by atoms with Crippen molar-refractivity contribution in [1.82, 2.24) is 9.97 Å². The SMILES string of the molecule is [2H]C([2H])([2H])Oc1cnc(C(=O)Cc2ccc(F)c([C@]34COC[C@@]3(F)C[C@@](C)(F)C(N)=N4)c2)cn1. The van der Waals surface area contributed by atoms with Crippen molar-refractivity contribution in [3.8, 4) is 5.88 Å². The monoisotopic (exact) mass is 437 g/mol. The van der Waals surface area contributed by atoms with Gasteiger partial charge in [-0.25, -0.2) is 23.1 Å². The molecule has 7 nitrogen and oxygen atoms in total. The van der Waals surface area contributed by atoms with Crippen molar-refractivity contribution in [2.45, 2.75) is 36.6 Å². The summed E-state index contributed by atoms with van der Waals surface area (Å²) < 4.78 is 76.6. The molecule has 2 N–H and O–H groups in total. The zero-order chi connectivity index (χ0) is 24.9. The maximum Gasteiger partial charge on any atom is 0.232 e.